The second-order valence-electron chi connectivity index (χ2n) is 4.25. The quantitative estimate of drug-likeness (QED) is 0.793. The fourth-order valence-corrected chi connectivity index (χ4v) is 1.23. The Hall–Kier alpha value is -1.02. The summed E-state index contributed by atoms with van der Waals surface area (Å²) in [4.78, 5) is 0. The van der Waals surface area contributed by atoms with Crippen LogP contribution in [-0.4, -0.2) is 12.6 Å². The molecule has 0 spiro atoms. The van der Waals surface area contributed by atoms with Gasteiger partial charge in [0.2, 0.25) is 0 Å². The predicted octanol–water partition coefficient (Wildman–Crippen LogP) is 2.17. The van der Waals surface area contributed by atoms with Crippen molar-refractivity contribution >= 4 is 0 Å². The normalized spacial score (nSPS) is 11.4. The number of hydrogen-bond donors (Lipinski definition) is 1. The summed E-state index contributed by atoms with van der Waals surface area (Å²) in [6.45, 7) is 4.08. The molecule has 0 unspecified atom stereocenters. The van der Waals surface area contributed by atoms with E-state index >= 15 is 0 Å². The summed E-state index contributed by atoms with van der Waals surface area (Å²) < 4.78 is 5.10. The average molecular weight is 192 g/mol. The molecular formula is C12H18NO. The molecule has 2 nitrogen and oxygen atoms in total. The van der Waals surface area contributed by atoms with Gasteiger partial charge in [0.15, 0.2) is 0 Å². The van der Waals surface area contributed by atoms with E-state index in [1.54, 1.807) is 7.11 Å². The molecule has 2 heteroatoms. The first kappa shape index (κ1) is 11.1. The fraction of sp³-hybridized carbons (Fsp3) is 0.500. The Morgan fingerprint density at radius 3 is 2.79 bits per heavy atom. The van der Waals surface area contributed by atoms with Crippen molar-refractivity contribution in [3.8, 4) is 5.75 Å². The number of ether oxygens (including phenoxy) is 1. The van der Waals surface area contributed by atoms with Crippen LogP contribution in [0, 0.1) is 6.07 Å². The summed E-state index contributed by atoms with van der Waals surface area (Å²) in [7, 11) is 1.66. The molecule has 0 saturated heterocycles. The minimum atomic E-state index is -0.104. The molecule has 0 amide bonds. The van der Waals surface area contributed by atoms with E-state index in [-0.39, 0.29) is 5.54 Å². The number of methoxy groups -OCH3 is 1. The summed E-state index contributed by atoms with van der Waals surface area (Å²) in [6.07, 6.45) is 1.95. The highest BCUT2D eigenvalue weighted by Gasteiger charge is 2.10. The Labute approximate surface area is 86.1 Å². The number of rotatable bonds is 4. The second kappa shape index (κ2) is 4.47. The zero-order valence-corrected chi connectivity index (χ0v) is 9.13. The maximum atomic E-state index is 5.91. The lowest BCUT2D eigenvalue weighted by molar-refractivity contribution is 0.412. The molecule has 0 fully saturated rings. The molecule has 0 aliphatic rings. The zero-order chi connectivity index (χ0) is 10.6. The molecule has 0 heterocycles. The molecule has 0 aromatic heterocycles. The van der Waals surface area contributed by atoms with E-state index in [1.807, 2.05) is 32.0 Å². The van der Waals surface area contributed by atoms with Crippen molar-refractivity contribution in [2.45, 2.75) is 32.2 Å². The van der Waals surface area contributed by atoms with Crippen molar-refractivity contribution < 1.29 is 4.74 Å². The van der Waals surface area contributed by atoms with Gasteiger partial charge in [0.05, 0.1) is 7.11 Å². The monoisotopic (exact) mass is 192 g/mol. The van der Waals surface area contributed by atoms with Crippen LogP contribution in [0.15, 0.2) is 18.2 Å². The Morgan fingerprint density at radius 1 is 1.50 bits per heavy atom. The van der Waals surface area contributed by atoms with E-state index in [4.69, 9.17) is 10.5 Å². The summed E-state index contributed by atoms with van der Waals surface area (Å²) >= 11 is 0. The molecule has 77 valence electrons. The fourth-order valence-electron chi connectivity index (χ4n) is 1.23. The van der Waals surface area contributed by atoms with Gasteiger partial charge in [-0.05, 0) is 38.3 Å². The van der Waals surface area contributed by atoms with Crippen LogP contribution < -0.4 is 10.5 Å². The van der Waals surface area contributed by atoms with Crippen molar-refractivity contribution in [1.29, 1.82) is 0 Å². The van der Waals surface area contributed by atoms with Crippen molar-refractivity contribution in [2.75, 3.05) is 7.11 Å². The standard InChI is InChI=1S/C12H18NO/c1-12(2,13)8-7-10-5-4-6-11(9-10)14-3/h4-5,9H,7-8,13H2,1-3H3. The predicted molar refractivity (Wildman–Crippen MR) is 58.4 cm³/mol. The molecule has 0 bridgehead atoms. The molecule has 1 rings (SSSR count). The molecule has 14 heavy (non-hydrogen) atoms. The van der Waals surface area contributed by atoms with Crippen LogP contribution in [0.5, 0.6) is 5.75 Å². The van der Waals surface area contributed by atoms with Crippen molar-refractivity contribution in [1.82, 2.24) is 0 Å². The number of benzene rings is 1. The van der Waals surface area contributed by atoms with Crippen LogP contribution in [0.3, 0.4) is 0 Å². The summed E-state index contributed by atoms with van der Waals surface area (Å²) in [6, 6.07) is 8.94. The lowest BCUT2D eigenvalue weighted by Crippen LogP contribution is -2.32. The molecule has 2 N–H and O–H groups in total. The van der Waals surface area contributed by atoms with Gasteiger partial charge >= 0.3 is 0 Å². The molecule has 0 aliphatic carbocycles. The van der Waals surface area contributed by atoms with Gasteiger partial charge in [-0.1, -0.05) is 12.1 Å². The van der Waals surface area contributed by atoms with Gasteiger partial charge in [-0.2, -0.15) is 0 Å². The van der Waals surface area contributed by atoms with Crippen molar-refractivity contribution in [3.63, 3.8) is 0 Å². The van der Waals surface area contributed by atoms with E-state index < -0.39 is 0 Å². The van der Waals surface area contributed by atoms with E-state index in [0.29, 0.717) is 0 Å². The molecule has 0 saturated carbocycles. The van der Waals surface area contributed by atoms with Gasteiger partial charge in [0.25, 0.3) is 0 Å². The summed E-state index contributed by atoms with van der Waals surface area (Å²) in [5.74, 6) is 0.789. The maximum Gasteiger partial charge on any atom is 0.127 e. The molecule has 1 aromatic carbocycles. The maximum absolute atomic E-state index is 5.91. The molecule has 1 radical (unpaired) electrons. The smallest absolute Gasteiger partial charge is 0.127 e. The second-order valence-corrected chi connectivity index (χ2v) is 4.25. The Kier molecular flexibility index (Phi) is 3.53. The summed E-state index contributed by atoms with van der Waals surface area (Å²) in [5.41, 5.74) is 7.06. The Morgan fingerprint density at radius 2 is 2.21 bits per heavy atom. The van der Waals surface area contributed by atoms with Gasteiger partial charge in [0.1, 0.15) is 5.75 Å². The van der Waals surface area contributed by atoms with Gasteiger partial charge in [0, 0.05) is 11.6 Å². The van der Waals surface area contributed by atoms with Crippen LogP contribution in [-0.2, 0) is 6.42 Å². The van der Waals surface area contributed by atoms with E-state index in [9.17, 15) is 0 Å². The van der Waals surface area contributed by atoms with Gasteiger partial charge < -0.3 is 10.5 Å². The van der Waals surface area contributed by atoms with Gasteiger partial charge in [-0.15, -0.1) is 0 Å². The molecule has 1 aromatic rings. The average Bonchev–Trinajstić information content (AvgIpc) is 2.14. The minimum absolute atomic E-state index is 0.104. The number of aryl methyl sites for hydroxylation is 1. The highest BCUT2D eigenvalue weighted by molar-refractivity contribution is 5.27. The lowest BCUT2D eigenvalue weighted by atomic mass is 9.96. The Bertz CT molecular complexity index is 289. The zero-order valence-electron chi connectivity index (χ0n) is 9.13. The lowest BCUT2D eigenvalue weighted by Gasteiger charge is -2.18. The third-order valence-electron chi connectivity index (χ3n) is 2.12. The third-order valence-corrected chi connectivity index (χ3v) is 2.12. The van der Waals surface area contributed by atoms with Crippen molar-refractivity contribution in [3.05, 3.63) is 29.8 Å². The molecule has 0 aliphatic heterocycles. The van der Waals surface area contributed by atoms with E-state index in [2.05, 4.69) is 6.07 Å². The topological polar surface area (TPSA) is 35.2 Å². The first-order valence-electron chi connectivity index (χ1n) is 4.85. The third kappa shape index (κ3) is 3.79. The van der Waals surface area contributed by atoms with E-state index in [0.717, 1.165) is 18.6 Å². The first-order valence-corrected chi connectivity index (χ1v) is 4.85. The van der Waals surface area contributed by atoms with Crippen LogP contribution in [0.4, 0.5) is 0 Å². The van der Waals surface area contributed by atoms with Gasteiger partial charge in [-0.25, -0.2) is 0 Å². The van der Waals surface area contributed by atoms with Crippen LogP contribution in [0.1, 0.15) is 25.8 Å². The van der Waals surface area contributed by atoms with Gasteiger partial charge in [-0.3, -0.25) is 0 Å². The van der Waals surface area contributed by atoms with E-state index in [1.165, 1.54) is 5.56 Å². The largest absolute Gasteiger partial charge is 0.496 e. The van der Waals surface area contributed by atoms with Crippen molar-refractivity contribution in [2.24, 2.45) is 5.73 Å². The number of nitrogens with two attached hydrogens (primary N) is 1. The first-order chi connectivity index (χ1) is 6.51. The van der Waals surface area contributed by atoms with Crippen LogP contribution >= 0.6 is 0 Å². The van der Waals surface area contributed by atoms with Crippen LogP contribution in [0.2, 0.25) is 0 Å². The number of hydrogen-bond acceptors (Lipinski definition) is 2. The molecule has 0 atom stereocenters. The highest BCUT2D eigenvalue weighted by Crippen LogP contribution is 2.15. The SMILES string of the molecule is COc1[c]ccc(CCC(C)(C)N)c1. The van der Waals surface area contributed by atoms with Crippen LogP contribution in [0.25, 0.3) is 0 Å². The molecular weight excluding hydrogens is 174 g/mol. The Balaban J connectivity index is 2.59. The highest BCUT2D eigenvalue weighted by atomic mass is 16.5. The minimum Gasteiger partial charge on any atom is -0.496 e. The summed E-state index contributed by atoms with van der Waals surface area (Å²) in [5, 5.41) is 0.